The van der Waals surface area contributed by atoms with Gasteiger partial charge in [0.1, 0.15) is 6.17 Å². The predicted molar refractivity (Wildman–Crippen MR) is 120 cm³/mol. The van der Waals surface area contributed by atoms with Gasteiger partial charge in [0.05, 0.1) is 30.3 Å². The maximum absolute atomic E-state index is 12.6. The summed E-state index contributed by atoms with van der Waals surface area (Å²) in [4.78, 5) is 43.8. The zero-order chi connectivity index (χ0) is 22.9. The van der Waals surface area contributed by atoms with E-state index in [1.165, 1.54) is 11.7 Å². The molecule has 3 N–H and O–H groups in total. The van der Waals surface area contributed by atoms with E-state index in [1.807, 2.05) is 48.5 Å². The number of carbonyl (C=O) groups excluding carboxylic acids is 2. The Morgan fingerprint density at radius 3 is 2.55 bits per heavy atom. The van der Waals surface area contributed by atoms with Crippen molar-refractivity contribution in [1.29, 1.82) is 0 Å². The number of para-hydroxylation sites is 1. The van der Waals surface area contributed by atoms with Gasteiger partial charge in [0, 0.05) is 0 Å². The van der Waals surface area contributed by atoms with Crippen LogP contribution in [0.5, 0.6) is 0 Å². The summed E-state index contributed by atoms with van der Waals surface area (Å²) >= 11 is 0. The Hall–Kier alpha value is -4.37. The minimum Gasteiger partial charge on any atom is -0.465 e. The summed E-state index contributed by atoms with van der Waals surface area (Å²) in [6.07, 6.45) is -0.976. The highest BCUT2D eigenvalue weighted by Crippen LogP contribution is 2.29. The van der Waals surface area contributed by atoms with Crippen molar-refractivity contribution in [3.63, 3.8) is 0 Å². The first-order chi connectivity index (χ1) is 16.0. The SMILES string of the molecule is COC(=O)c1cccc2[nH]c(=O)n(Cc3ccc(-c4ccccc4C4NOC(=O)N4)cc3)c12. The normalized spacial score (nSPS) is 15.3. The number of aromatic amines is 1. The highest BCUT2D eigenvalue weighted by molar-refractivity contribution is 6.02. The van der Waals surface area contributed by atoms with E-state index >= 15 is 0 Å². The lowest BCUT2D eigenvalue weighted by atomic mass is 9.97. The molecule has 2 heterocycles. The molecular weight excluding hydrogens is 424 g/mol. The van der Waals surface area contributed by atoms with Crippen LogP contribution in [0.2, 0.25) is 0 Å². The summed E-state index contributed by atoms with van der Waals surface area (Å²) in [5.74, 6) is -0.503. The van der Waals surface area contributed by atoms with E-state index in [-0.39, 0.29) is 12.2 Å². The number of fused-ring (bicyclic) bond motifs is 1. The van der Waals surface area contributed by atoms with Crippen molar-refractivity contribution in [2.45, 2.75) is 12.7 Å². The van der Waals surface area contributed by atoms with Gasteiger partial charge in [0.2, 0.25) is 0 Å². The molecule has 4 aromatic rings. The molecule has 1 saturated heterocycles. The number of hydroxylamine groups is 1. The van der Waals surface area contributed by atoms with Crippen molar-refractivity contribution in [3.8, 4) is 11.1 Å². The fraction of sp³-hybridized carbons (Fsp3) is 0.125. The van der Waals surface area contributed by atoms with Gasteiger partial charge in [-0.15, -0.1) is 5.48 Å². The first kappa shape index (κ1) is 20.5. The minimum atomic E-state index is -0.527. The third kappa shape index (κ3) is 3.74. The Morgan fingerprint density at radius 2 is 1.82 bits per heavy atom. The van der Waals surface area contributed by atoms with Crippen LogP contribution in [0, 0.1) is 0 Å². The molecule has 166 valence electrons. The molecule has 9 nitrogen and oxygen atoms in total. The van der Waals surface area contributed by atoms with Crippen LogP contribution in [-0.4, -0.2) is 28.7 Å². The third-order valence-corrected chi connectivity index (χ3v) is 5.61. The highest BCUT2D eigenvalue weighted by Gasteiger charge is 2.25. The molecule has 1 fully saturated rings. The molecule has 1 unspecified atom stereocenters. The quantitative estimate of drug-likeness (QED) is 0.408. The summed E-state index contributed by atoms with van der Waals surface area (Å²) < 4.78 is 6.40. The number of carbonyl (C=O) groups is 2. The number of esters is 1. The van der Waals surface area contributed by atoms with E-state index in [2.05, 4.69) is 15.8 Å². The second-order valence-corrected chi connectivity index (χ2v) is 7.58. The van der Waals surface area contributed by atoms with Crippen molar-refractivity contribution in [1.82, 2.24) is 20.3 Å². The number of imidazole rings is 1. The average molecular weight is 444 g/mol. The van der Waals surface area contributed by atoms with Gasteiger partial charge < -0.3 is 14.6 Å². The lowest BCUT2D eigenvalue weighted by molar-refractivity contribution is 0.0602. The maximum atomic E-state index is 12.6. The predicted octanol–water partition coefficient (Wildman–Crippen LogP) is 3.07. The number of nitrogens with one attached hydrogen (secondary N) is 3. The van der Waals surface area contributed by atoms with E-state index in [4.69, 9.17) is 9.57 Å². The first-order valence-electron chi connectivity index (χ1n) is 10.3. The Morgan fingerprint density at radius 1 is 1.03 bits per heavy atom. The van der Waals surface area contributed by atoms with Gasteiger partial charge in [-0.25, -0.2) is 14.4 Å². The Kier molecular flexibility index (Phi) is 5.15. The van der Waals surface area contributed by atoms with Gasteiger partial charge in [-0.05, 0) is 34.4 Å². The van der Waals surface area contributed by atoms with E-state index in [0.717, 1.165) is 22.3 Å². The molecular formula is C24H20N4O5. The van der Waals surface area contributed by atoms with Crippen LogP contribution in [0.25, 0.3) is 22.2 Å². The summed E-state index contributed by atoms with van der Waals surface area (Å²) in [6.45, 7) is 0.281. The van der Waals surface area contributed by atoms with Gasteiger partial charge in [-0.3, -0.25) is 9.88 Å². The number of hydrogen-bond donors (Lipinski definition) is 3. The van der Waals surface area contributed by atoms with E-state index in [0.29, 0.717) is 16.6 Å². The van der Waals surface area contributed by atoms with E-state index in [9.17, 15) is 14.4 Å². The van der Waals surface area contributed by atoms with Crippen LogP contribution in [0.3, 0.4) is 0 Å². The fourth-order valence-corrected chi connectivity index (χ4v) is 4.06. The number of ether oxygens (including phenoxy) is 1. The molecule has 0 spiro atoms. The molecule has 5 rings (SSSR count). The molecule has 9 heteroatoms. The summed E-state index contributed by atoms with van der Waals surface area (Å²) in [5, 5.41) is 2.71. The zero-order valence-corrected chi connectivity index (χ0v) is 17.6. The van der Waals surface area contributed by atoms with Crippen molar-refractivity contribution in [3.05, 3.63) is 93.9 Å². The molecule has 1 aliphatic heterocycles. The largest absolute Gasteiger partial charge is 0.465 e. The standard InChI is InChI=1S/C24H20N4O5/c1-32-22(29)18-7-4-8-19-20(18)28(23(30)25-19)13-14-9-11-15(12-10-14)16-5-2-3-6-17(16)21-26-24(31)33-27-21/h2-12,21,27H,13H2,1H3,(H,25,30)(H,26,31). The number of H-pyrrole nitrogens is 1. The van der Waals surface area contributed by atoms with Crippen molar-refractivity contribution < 1.29 is 19.2 Å². The summed E-state index contributed by atoms with van der Waals surface area (Å²) in [6, 6.07) is 20.5. The first-order valence-corrected chi connectivity index (χ1v) is 10.3. The molecule has 0 saturated carbocycles. The van der Waals surface area contributed by atoms with Gasteiger partial charge >= 0.3 is 17.8 Å². The number of benzene rings is 3. The Balaban J connectivity index is 1.48. The molecule has 0 bridgehead atoms. The lowest BCUT2D eigenvalue weighted by Gasteiger charge is -2.14. The lowest BCUT2D eigenvalue weighted by Crippen LogP contribution is -2.22. The Labute approximate surface area is 187 Å². The van der Waals surface area contributed by atoms with E-state index in [1.54, 1.807) is 18.2 Å². The molecule has 1 aliphatic rings. The zero-order valence-electron chi connectivity index (χ0n) is 17.6. The van der Waals surface area contributed by atoms with Crippen molar-refractivity contribution >= 4 is 23.1 Å². The average Bonchev–Trinajstić information content (AvgIpc) is 3.41. The molecule has 1 atom stereocenters. The number of rotatable bonds is 5. The molecule has 33 heavy (non-hydrogen) atoms. The van der Waals surface area contributed by atoms with Crippen LogP contribution in [0.1, 0.15) is 27.7 Å². The van der Waals surface area contributed by atoms with Crippen molar-refractivity contribution in [2.75, 3.05) is 7.11 Å². The number of nitrogens with zero attached hydrogens (tertiary/aromatic N) is 1. The highest BCUT2D eigenvalue weighted by atomic mass is 16.7. The van der Waals surface area contributed by atoms with Crippen LogP contribution >= 0.6 is 0 Å². The van der Waals surface area contributed by atoms with Crippen molar-refractivity contribution in [2.24, 2.45) is 0 Å². The maximum Gasteiger partial charge on any atom is 0.427 e. The van der Waals surface area contributed by atoms with E-state index < -0.39 is 18.2 Å². The Bertz CT molecular complexity index is 1420. The number of hydrogen-bond acceptors (Lipinski definition) is 6. The van der Waals surface area contributed by atoms with Gasteiger partial charge in [-0.2, -0.15) is 0 Å². The molecule has 0 radical (unpaired) electrons. The summed E-state index contributed by atoms with van der Waals surface area (Å²) in [7, 11) is 1.31. The minimum absolute atomic E-state index is 0.281. The molecule has 1 aromatic heterocycles. The number of aromatic nitrogens is 2. The second-order valence-electron chi connectivity index (χ2n) is 7.58. The van der Waals surface area contributed by atoms with Crippen LogP contribution < -0.4 is 16.5 Å². The molecule has 0 aliphatic carbocycles. The third-order valence-electron chi connectivity index (χ3n) is 5.61. The van der Waals surface area contributed by atoms with Crippen LogP contribution in [0.15, 0.2) is 71.5 Å². The molecule has 3 aromatic carbocycles. The van der Waals surface area contributed by atoms with Gasteiger partial charge in [-0.1, -0.05) is 54.6 Å². The van der Waals surface area contributed by atoms with Gasteiger partial charge in [0.15, 0.2) is 0 Å². The molecule has 1 amide bonds. The monoisotopic (exact) mass is 444 g/mol. The number of methoxy groups -OCH3 is 1. The smallest absolute Gasteiger partial charge is 0.427 e. The summed E-state index contributed by atoms with van der Waals surface area (Å²) in [5.41, 5.74) is 7.40. The fourth-order valence-electron chi connectivity index (χ4n) is 4.06. The van der Waals surface area contributed by atoms with Crippen LogP contribution in [-0.2, 0) is 16.1 Å². The topological polar surface area (TPSA) is 114 Å². The van der Waals surface area contributed by atoms with Crippen LogP contribution in [0.4, 0.5) is 4.79 Å². The van der Waals surface area contributed by atoms with Gasteiger partial charge in [0.25, 0.3) is 0 Å². The second kappa shape index (κ2) is 8.29. The number of amides is 1.